The Kier molecular flexibility index (Phi) is 4.61. The topological polar surface area (TPSA) is 64.1 Å². The van der Waals surface area contributed by atoms with Crippen molar-refractivity contribution >= 4 is 34.7 Å². The number of carbonyl (C=O) groups is 1. The van der Waals surface area contributed by atoms with Crippen molar-refractivity contribution in [1.29, 1.82) is 0 Å². The minimum Gasteiger partial charge on any atom is -0.480 e. The molecule has 0 aliphatic heterocycles. The van der Waals surface area contributed by atoms with Gasteiger partial charge in [0.2, 0.25) is 5.88 Å². The summed E-state index contributed by atoms with van der Waals surface area (Å²) in [6, 6.07) is 11.6. The van der Waals surface area contributed by atoms with Crippen LogP contribution in [-0.2, 0) is 0 Å². The van der Waals surface area contributed by atoms with E-state index in [-0.39, 0.29) is 5.91 Å². The fraction of sp³-hybridized carbons (Fsp3) is 0.211. The van der Waals surface area contributed by atoms with Gasteiger partial charge in [0.15, 0.2) is 0 Å². The first kappa shape index (κ1) is 17.0. The zero-order chi connectivity index (χ0) is 18.1. The molecule has 1 aliphatic carbocycles. The summed E-state index contributed by atoms with van der Waals surface area (Å²) < 4.78 is 9.61. The number of carbonyl (C=O) groups excluding carboxylic acids is 1. The number of rotatable bonds is 5. The van der Waals surface area contributed by atoms with Crippen LogP contribution in [0, 0.1) is 0 Å². The summed E-state index contributed by atoms with van der Waals surface area (Å²) in [7, 11) is 1.50. The third-order valence-electron chi connectivity index (χ3n) is 4.23. The van der Waals surface area contributed by atoms with E-state index in [2.05, 4.69) is 14.7 Å². The van der Waals surface area contributed by atoms with E-state index in [1.54, 1.807) is 6.07 Å². The van der Waals surface area contributed by atoms with E-state index in [0.29, 0.717) is 27.4 Å². The molecule has 1 N–H and O–H groups in total. The molecule has 0 radical (unpaired) electrons. The van der Waals surface area contributed by atoms with Crippen LogP contribution in [0.25, 0.3) is 11.3 Å². The van der Waals surface area contributed by atoms with Gasteiger partial charge in [0.25, 0.3) is 5.91 Å². The molecule has 1 fully saturated rings. The summed E-state index contributed by atoms with van der Waals surface area (Å²) in [5, 5.41) is 3.22. The molecular weight excluding hydrogens is 370 g/mol. The maximum absolute atomic E-state index is 12.8. The van der Waals surface area contributed by atoms with Crippen molar-refractivity contribution in [2.75, 3.05) is 12.4 Å². The van der Waals surface area contributed by atoms with Crippen LogP contribution in [0.4, 0.5) is 5.69 Å². The van der Waals surface area contributed by atoms with Crippen molar-refractivity contribution in [1.82, 2.24) is 9.36 Å². The minimum absolute atomic E-state index is 0.186. The van der Waals surface area contributed by atoms with Crippen molar-refractivity contribution in [2.45, 2.75) is 18.8 Å². The van der Waals surface area contributed by atoms with Gasteiger partial charge in [-0.05, 0) is 36.4 Å². The molecule has 0 spiro atoms. The molecule has 0 bridgehead atoms. The predicted molar refractivity (Wildman–Crippen MR) is 103 cm³/mol. The average Bonchev–Trinajstić information content (AvgIpc) is 3.40. The van der Waals surface area contributed by atoms with E-state index in [1.165, 1.54) is 24.8 Å². The first-order valence-corrected chi connectivity index (χ1v) is 9.38. The quantitative estimate of drug-likeness (QED) is 0.671. The van der Waals surface area contributed by atoms with Gasteiger partial charge in [-0.2, -0.15) is 4.37 Å². The zero-order valence-corrected chi connectivity index (χ0v) is 15.6. The second kappa shape index (κ2) is 7.05. The van der Waals surface area contributed by atoms with Gasteiger partial charge in [-0.3, -0.25) is 4.79 Å². The Morgan fingerprint density at radius 1 is 1.31 bits per heavy atom. The largest absolute Gasteiger partial charge is 0.480 e. The van der Waals surface area contributed by atoms with E-state index in [9.17, 15) is 4.79 Å². The highest BCUT2D eigenvalue weighted by Gasteiger charge is 2.33. The van der Waals surface area contributed by atoms with Gasteiger partial charge in [0, 0.05) is 11.1 Å². The lowest BCUT2D eigenvalue weighted by Crippen LogP contribution is -2.12. The Morgan fingerprint density at radius 3 is 2.73 bits per heavy atom. The van der Waals surface area contributed by atoms with E-state index in [1.807, 2.05) is 30.3 Å². The van der Waals surface area contributed by atoms with Gasteiger partial charge in [-0.15, -0.1) is 0 Å². The van der Waals surface area contributed by atoms with E-state index < -0.39 is 0 Å². The number of anilines is 1. The molecule has 4 rings (SSSR count). The first-order chi connectivity index (χ1) is 12.7. The number of benzene rings is 1. The van der Waals surface area contributed by atoms with Gasteiger partial charge >= 0.3 is 0 Å². The lowest BCUT2D eigenvalue weighted by molar-refractivity contribution is 0.102. The number of hydrogen-bond donors (Lipinski definition) is 1. The molecule has 5 nitrogen and oxygen atoms in total. The van der Waals surface area contributed by atoms with Crippen LogP contribution < -0.4 is 10.1 Å². The summed E-state index contributed by atoms with van der Waals surface area (Å²) in [6.45, 7) is 0. The van der Waals surface area contributed by atoms with Gasteiger partial charge in [-0.25, -0.2) is 4.98 Å². The third kappa shape index (κ3) is 3.30. The molecule has 1 aliphatic rings. The summed E-state index contributed by atoms with van der Waals surface area (Å²) >= 11 is 7.32. The fourth-order valence-corrected chi connectivity index (χ4v) is 3.97. The van der Waals surface area contributed by atoms with Gasteiger partial charge in [0.05, 0.1) is 24.7 Å². The maximum Gasteiger partial charge on any atom is 0.267 e. The van der Waals surface area contributed by atoms with Gasteiger partial charge in [0.1, 0.15) is 9.90 Å². The molecule has 7 heteroatoms. The number of nitrogens with zero attached hydrogens (tertiary/aromatic N) is 2. The van der Waals surface area contributed by atoms with Crippen LogP contribution in [0.5, 0.6) is 5.88 Å². The van der Waals surface area contributed by atoms with Crippen LogP contribution in [0.2, 0.25) is 5.02 Å². The summed E-state index contributed by atoms with van der Waals surface area (Å²) in [5.74, 6) is 0.546. The molecule has 26 heavy (non-hydrogen) atoms. The van der Waals surface area contributed by atoms with Crippen LogP contribution >= 0.6 is 23.1 Å². The first-order valence-electron chi connectivity index (χ1n) is 8.23. The molecule has 1 saturated carbocycles. The average molecular weight is 386 g/mol. The SMILES string of the molecule is COc1ncc(NC(=O)c2snc(-c3ccccc3)c2C2CC2)cc1Cl. The Bertz CT molecular complexity index is 955. The zero-order valence-electron chi connectivity index (χ0n) is 14.0. The van der Waals surface area contributed by atoms with Crippen LogP contribution in [0.15, 0.2) is 42.6 Å². The third-order valence-corrected chi connectivity index (χ3v) is 5.36. The lowest BCUT2D eigenvalue weighted by Gasteiger charge is -2.08. The molecule has 2 heterocycles. The number of aromatic nitrogens is 2. The second-order valence-corrected chi connectivity index (χ2v) is 7.26. The molecule has 1 amide bonds. The van der Waals surface area contributed by atoms with E-state index in [0.717, 1.165) is 29.7 Å². The Hall–Kier alpha value is -2.44. The number of hydrogen-bond acceptors (Lipinski definition) is 5. The standard InChI is InChI=1S/C19H16ClN3O2S/c1-25-19-14(20)9-13(10-21-19)22-18(24)17-15(11-7-8-11)16(23-26-17)12-5-3-2-4-6-12/h2-6,9-11H,7-8H2,1H3,(H,22,24). The summed E-state index contributed by atoms with van der Waals surface area (Å²) in [4.78, 5) is 17.6. The number of nitrogens with one attached hydrogen (secondary N) is 1. The molecule has 0 saturated heterocycles. The monoisotopic (exact) mass is 385 g/mol. The second-order valence-electron chi connectivity index (χ2n) is 6.08. The van der Waals surface area contributed by atoms with Crippen molar-refractivity contribution in [3.63, 3.8) is 0 Å². The number of amides is 1. The van der Waals surface area contributed by atoms with Crippen LogP contribution in [0.3, 0.4) is 0 Å². The number of methoxy groups -OCH3 is 1. The van der Waals surface area contributed by atoms with Crippen molar-refractivity contribution < 1.29 is 9.53 Å². The van der Waals surface area contributed by atoms with E-state index in [4.69, 9.17) is 16.3 Å². The fourth-order valence-electron chi connectivity index (χ4n) is 2.85. The maximum atomic E-state index is 12.8. The molecule has 132 valence electrons. The smallest absolute Gasteiger partial charge is 0.267 e. The van der Waals surface area contributed by atoms with Crippen molar-refractivity contribution in [2.24, 2.45) is 0 Å². The number of ether oxygens (including phenoxy) is 1. The summed E-state index contributed by atoms with van der Waals surface area (Å²) in [6.07, 6.45) is 3.71. The Morgan fingerprint density at radius 2 is 2.08 bits per heavy atom. The van der Waals surface area contributed by atoms with Crippen molar-refractivity contribution in [3.05, 3.63) is 58.1 Å². The summed E-state index contributed by atoms with van der Waals surface area (Å²) in [5.41, 5.74) is 3.52. The highest BCUT2D eigenvalue weighted by atomic mass is 35.5. The molecule has 0 unspecified atom stereocenters. The van der Waals surface area contributed by atoms with Gasteiger partial charge in [-0.1, -0.05) is 41.9 Å². The highest BCUT2D eigenvalue weighted by Crippen LogP contribution is 2.47. The predicted octanol–water partition coefficient (Wildman–Crippen LogP) is 5.00. The lowest BCUT2D eigenvalue weighted by atomic mass is 10.0. The Balaban J connectivity index is 1.64. The molecular formula is C19H16ClN3O2S. The minimum atomic E-state index is -0.186. The van der Waals surface area contributed by atoms with Crippen LogP contribution in [-0.4, -0.2) is 22.4 Å². The number of halogens is 1. The van der Waals surface area contributed by atoms with Gasteiger partial charge < -0.3 is 10.1 Å². The van der Waals surface area contributed by atoms with E-state index >= 15 is 0 Å². The highest BCUT2D eigenvalue weighted by molar-refractivity contribution is 7.08. The molecule has 1 aromatic carbocycles. The van der Waals surface area contributed by atoms with Crippen LogP contribution in [0.1, 0.15) is 34.0 Å². The Labute approximate surface area is 160 Å². The number of pyridine rings is 1. The molecule has 2 aromatic heterocycles. The molecule has 0 atom stereocenters. The normalized spacial score (nSPS) is 13.5. The molecule has 3 aromatic rings. The van der Waals surface area contributed by atoms with Crippen molar-refractivity contribution in [3.8, 4) is 17.1 Å².